The number of amides is 1. The molecule has 0 spiro atoms. The molecule has 2 aromatic carbocycles. The number of allylic oxidation sites excluding steroid dienone is 1. The lowest BCUT2D eigenvalue weighted by Crippen LogP contribution is -2.43. The first-order chi connectivity index (χ1) is 23.2. The Bertz CT molecular complexity index is 1870. The summed E-state index contributed by atoms with van der Waals surface area (Å²) in [5.41, 5.74) is 3.46. The number of fused-ring (bicyclic) bond motifs is 1. The van der Waals surface area contributed by atoms with Gasteiger partial charge in [-0.3, -0.25) is 14.1 Å². The van der Waals surface area contributed by atoms with Gasteiger partial charge in [0.2, 0.25) is 0 Å². The van der Waals surface area contributed by atoms with E-state index in [0.717, 1.165) is 24.7 Å². The number of aliphatic hydroxyl groups is 1. The fourth-order valence-electron chi connectivity index (χ4n) is 5.23. The molecule has 48 heavy (non-hydrogen) atoms. The summed E-state index contributed by atoms with van der Waals surface area (Å²) in [5.74, 6) is 5.67. The molecule has 1 saturated heterocycles. The second kappa shape index (κ2) is 15.6. The van der Waals surface area contributed by atoms with Gasteiger partial charge >= 0.3 is 6.18 Å². The quantitative estimate of drug-likeness (QED) is 0.0790. The third kappa shape index (κ3) is 8.60. The summed E-state index contributed by atoms with van der Waals surface area (Å²) >= 11 is 0. The van der Waals surface area contributed by atoms with Crippen molar-refractivity contribution in [2.45, 2.75) is 26.1 Å². The van der Waals surface area contributed by atoms with Crippen LogP contribution >= 0.6 is 0 Å². The normalized spacial score (nSPS) is 13.9. The predicted molar refractivity (Wildman–Crippen MR) is 180 cm³/mol. The van der Waals surface area contributed by atoms with E-state index in [4.69, 9.17) is 10.5 Å². The highest BCUT2D eigenvalue weighted by Gasteiger charge is 2.34. The van der Waals surface area contributed by atoms with Crippen LogP contribution in [0.15, 0.2) is 72.8 Å². The van der Waals surface area contributed by atoms with E-state index < -0.39 is 17.6 Å². The lowest BCUT2D eigenvalue weighted by atomic mass is 10.0. The highest BCUT2D eigenvalue weighted by Crippen LogP contribution is 2.34. The van der Waals surface area contributed by atoms with E-state index in [0.29, 0.717) is 54.3 Å². The maximum Gasteiger partial charge on any atom is 0.416 e. The minimum absolute atomic E-state index is 0.0571. The minimum Gasteiger partial charge on any atom is -0.396 e. The molecular formula is C35H37F3N8O2. The van der Waals surface area contributed by atoms with E-state index in [1.54, 1.807) is 35.0 Å². The summed E-state index contributed by atoms with van der Waals surface area (Å²) in [6.07, 6.45) is 2.27. The second-order valence-corrected chi connectivity index (χ2v) is 11.3. The number of aromatic nitrogens is 2. The van der Waals surface area contributed by atoms with Crippen LogP contribution in [0.3, 0.4) is 0 Å². The van der Waals surface area contributed by atoms with Crippen LogP contribution in [-0.4, -0.2) is 70.8 Å². The van der Waals surface area contributed by atoms with E-state index in [9.17, 15) is 18.0 Å². The summed E-state index contributed by atoms with van der Waals surface area (Å²) in [6, 6.07) is 12.5. The van der Waals surface area contributed by atoms with Crippen LogP contribution in [0.4, 0.5) is 24.5 Å². The highest BCUT2D eigenvalue weighted by atomic mass is 19.4. The van der Waals surface area contributed by atoms with Gasteiger partial charge in [0.25, 0.3) is 5.91 Å². The molecule has 0 radical (unpaired) electrons. The number of carbonyl (C=O) groups is 1. The van der Waals surface area contributed by atoms with E-state index in [-0.39, 0.29) is 30.0 Å². The molecule has 0 unspecified atom stereocenters. The molecule has 10 nitrogen and oxygen atoms in total. The first kappa shape index (κ1) is 34.2. The number of imidazole rings is 1. The minimum atomic E-state index is -4.57. The number of nitrogens with one attached hydrogen (secondary N) is 5. The van der Waals surface area contributed by atoms with Gasteiger partial charge in [0.1, 0.15) is 5.69 Å². The van der Waals surface area contributed by atoms with Crippen molar-refractivity contribution in [2.75, 3.05) is 50.0 Å². The fraction of sp³-hybridized carbons (Fsp3) is 0.286. The van der Waals surface area contributed by atoms with Crippen molar-refractivity contribution in [3.63, 3.8) is 0 Å². The van der Waals surface area contributed by atoms with Crippen molar-refractivity contribution in [3.05, 3.63) is 106 Å². The number of pyridine rings is 1. The lowest BCUT2D eigenvalue weighted by molar-refractivity contribution is -0.138. The van der Waals surface area contributed by atoms with Crippen LogP contribution in [0.1, 0.15) is 44.7 Å². The first-order valence-corrected chi connectivity index (χ1v) is 15.5. The summed E-state index contributed by atoms with van der Waals surface area (Å²) in [5, 5.41) is 28.7. The number of hydrogen-bond donors (Lipinski definition) is 6. The summed E-state index contributed by atoms with van der Waals surface area (Å²) in [4.78, 5) is 19.7. The highest BCUT2D eigenvalue weighted by molar-refractivity contribution is 6.04. The Morgan fingerprint density at radius 3 is 2.69 bits per heavy atom. The Hall–Kier alpha value is -5.16. The number of nitrogens with zero attached hydrogens (tertiary/aromatic N) is 3. The van der Waals surface area contributed by atoms with Crippen molar-refractivity contribution >= 4 is 29.1 Å². The number of aryl methyl sites for hydroxylation is 1. The molecule has 0 bridgehead atoms. The maximum atomic E-state index is 14.0. The summed E-state index contributed by atoms with van der Waals surface area (Å²) in [6.45, 7) is 5.46. The molecule has 1 aliphatic rings. The van der Waals surface area contributed by atoms with Gasteiger partial charge in [0, 0.05) is 81.3 Å². The molecule has 2 aromatic heterocycles. The van der Waals surface area contributed by atoms with Crippen molar-refractivity contribution in [1.29, 1.82) is 5.41 Å². The molecule has 0 saturated carbocycles. The molecule has 1 fully saturated rings. The van der Waals surface area contributed by atoms with Crippen molar-refractivity contribution in [2.24, 2.45) is 0 Å². The molecule has 1 aliphatic heterocycles. The maximum absolute atomic E-state index is 14.0. The van der Waals surface area contributed by atoms with Crippen LogP contribution in [0.5, 0.6) is 0 Å². The standard InChI is InChI=1S/C35H37F3N8O2/c1-24-5-6-26(34(48)44-28-9-7-27(31(19-28)35(36,37)38)23-45-15-12-40-13-16-45)18-25(24)8-10-30-22-42-33-32(4-2-14-46(30)33)43-29(20-39)21-41-11-3-17-47/h2,4-7,9,14,18-22,39-41,43,47H,3,11-13,15-17,23H2,1H3,(H,44,48)/b29-21+,39-20?. The smallest absolute Gasteiger partial charge is 0.396 e. The van der Waals surface area contributed by atoms with E-state index in [2.05, 4.69) is 38.1 Å². The molecule has 1 amide bonds. The average molecular weight is 659 g/mol. The van der Waals surface area contributed by atoms with Crippen LogP contribution in [-0.2, 0) is 12.7 Å². The molecule has 0 atom stereocenters. The number of alkyl halides is 3. The zero-order valence-corrected chi connectivity index (χ0v) is 26.4. The number of anilines is 2. The van der Waals surface area contributed by atoms with E-state index in [1.165, 1.54) is 18.3 Å². The van der Waals surface area contributed by atoms with Gasteiger partial charge < -0.3 is 31.8 Å². The Labute approximate surface area is 276 Å². The van der Waals surface area contributed by atoms with Crippen LogP contribution in [0, 0.1) is 24.2 Å². The Morgan fingerprint density at radius 1 is 1.12 bits per heavy atom. The molecular weight excluding hydrogens is 621 g/mol. The number of piperazine rings is 1. The largest absolute Gasteiger partial charge is 0.416 e. The van der Waals surface area contributed by atoms with Crippen LogP contribution in [0.25, 0.3) is 5.65 Å². The lowest BCUT2D eigenvalue weighted by Gasteiger charge is -2.28. The van der Waals surface area contributed by atoms with Crippen molar-refractivity contribution < 1.29 is 23.1 Å². The Morgan fingerprint density at radius 2 is 1.94 bits per heavy atom. The number of carbonyl (C=O) groups excluding carboxylic acids is 1. The van der Waals surface area contributed by atoms with Gasteiger partial charge in [-0.1, -0.05) is 18.1 Å². The molecule has 6 N–H and O–H groups in total. The SMILES string of the molecule is Cc1ccc(C(=O)Nc2ccc(CN3CCNCC3)c(C(F)(F)F)c2)cc1C#Cc1cnc2c(N/C(C=N)=C/NCCCO)cccn12. The number of halogens is 3. The number of aliphatic hydroxyl groups excluding tert-OH is 1. The second-order valence-electron chi connectivity index (χ2n) is 11.3. The number of hydrogen-bond acceptors (Lipinski definition) is 8. The monoisotopic (exact) mass is 658 g/mol. The van der Waals surface area contributed by atoms with Gasteiger partial charge in [-0.25, -0.2) is 4.98 Å². The van der Waals surface area contributed by atoms with Gasteiger partial charge in [-0.2, -0.15) is 13.2 Å². The Kier molecular flexibility index (Phi) is 11.1. The van der Waals surface area contributed by atoms with Gasteiger partial charge in [0.05, 0.1) is 23.1 Å². The number of benzene rings is 2. The average Bonchev–Trinajstić information content (AvgIpc) is 3.50. The topological polar surface area (TPSA) is 130 Å². The van der Waals surface area contributed by atoms with Gasteiger partial charge in [-0.15, -0.1) is 0 Å². The molecule has 3 heterocycles. The zero-order chi connectivity index (χ0) is 34.1. The van der Waals surface area contributed by atoms with Gasteiger partial charge in [0.15, 0.2) is 5.65 Å². The summed E-state index contributed by atoms with van der Waals surface area (Å²) < 4.78 is 43.8. The molecule has 13 heteroatoms. The third-order valence-corrected chi connectivity index (χ3v) is 7.81. The third-order valence-electron chi connectivity index (χ3n) is 7.81. The van der Waals surface area contributed by atoms with Gasteiger partial charge in [-0.05, 0) is 66.8 Å². The van der Waals surface area contributed by atoms with Crippen molar-refractivity contribution in [3.8, 4) is 11.8 Å². The van der Waals surface area contributed by atoms with E-state index in [1.807, 2.05) is 30.2 Å². The summed E-state index contributed by atoms with van der Waals surface area (Å²) in [7, 11) is 0. The van der Waals surface area contributed by atoms with E-state index >= 15 is 0 Å². The molecule has 0 aliphatic carbocycles. The molecule has 250 valence electrons. The Balaban J connectivity index is 1.33. The number of rotatable bonds is 11. The van der Waals surface area contributed by atoms with Crippen molar-refractivity contribution in [1.82, 2.24) is 24.9 Å². The van der Waals surface area contributed by atoms with Crippen LogP contribution < -0.4 is 21.3 Å². The first-order valence-electron chi connectivity index (χ1n) is 15.5. The fourth-order valence-corrected chi connectivity index (χ4v) is 5.23. The van der Waals surface area contributed by atoms with Crippen LogP contribution in [0.2, 0.25) is 0 Å². The molecule has 5 rings (SSSR count). The zero-order valence-electron chi connectivity index (χ0n) is 26.4. The molecule has 4 aromatic rings. The predicted octanol–water partition coefficient (Wildman–Crippen LogP) is 4.59.